The number of hydrogen-bond acceptors (Lipinski definition) is 5. The van der Waals surface area contributed by atoms with Crippen LogP contribution in [0.25, 0.3) is 11.5 Å². The molecule has 0 saturated heterocycles. The summed E-state index contributed by atoms with van der Waals surface area (Å²) in [4.78, 5) is 12.5. The van der Waals surface area contributed by atoms with Gasteiger partial charge in [-0.05, 0) is 12.1 Å². The Labute approximate surface area is 99.5 Å². The van der Waals surface area contributed by atoms with E-state index in [1.807, 2.05) is 18.2 Å². The van der Waals surface area contributed by atoms with Crippen molar-refractivity contribution >= 4 is 0 Å². The number of methoxy groups -OCH3 is 1. The van der Waals surface area contributed by atoms with Crippen LogP contribution in [0.4, 0.5) is 0 Å². The Bertz CT molecular complexity index is 445. The second-order valence-electron chi connectivity index (χ2n) is 3.30. The summed E-state index contributed by atoms with van der Waals surface area (Å²) < 4.78 is 10.2. The molecule has 2 rings (SSSR count). The van der Waals surface area contributed by atoms with Crippen LogP contribution in [-0.4, -0.2) is 35.3 Å². The van der Waals surface area contributed by atoms with E-state index in [0.717, 1.165) is 5.69 Å². The molecule has 0 radical (unpaired) electrons. The first-order valence-electron chi connectivity index (χ1n) is 5.25. The highest BCUT2D eigenvalue weighted by Gasteiger charge is 2.02. The summed E-state index contributed by atoms with van der Waals surface area (Å²) in [5.41, 5.74) is 0.746. The lowest BCUT2D eigenvalue weighted by Gasteiger charge is -2.04. The predicted molar refractivity (Wildman–Crippen MR) is 62.6 cm³/mol. The van der Waals surface area contributed by atoms with Gasteiger partial charge in [0.1, 0.15) is 12.3 Å². The highest BCUT2D eigenvalue weighted by Crippen LogP contribution is 2.13. The van der Waals surface area contributed by atoms with Crippen LogP contribution in [-0.2, 0) is 4.74 Å². The Morgan fingerprint density at radius 3 is 2.53 bits per heavy atom. The molecule has 0 aliphatic rings. The lowest BCUT2D eigenvalue weighted by molar-refractivity contribution is 0.146. The third-order valence-electron chi connectivity index (χ3n) is 2.08. The fourth-order valence-corrected chi connectivity index (χ4v) is 1.26. The molecule has 5 nitrogen and oxygen atoms in total. The Morgan fingerprint density at radius 2 is 1.88 bits per heavy atom. The quantitative estimate of drug-likeness (QED) is 0.731. The van der Waals surface area contributed by atoms with Crippen LogP contribution in [0.5, 0.6) is 5.75 Å². The summed E-state index contributed by atoms with van der Waals surface area (Å²) in [6, 6.07) is 5.61. The second kappa shape index (κ2) is 5.91. The second-order valence-corrected chi connectivity index (χ2v) is 3.30. The van der Waals surface area contributed by atoms with Gasteiger partial charge in [0, 0.05) is 13.3 Å². The maximum atomic E-state index is 5.37. The zero-order valence-electron chi connectivity index (χ0n) is 9.54. The number of hydrogen-bond donors (Lipinski definition) is 0. The monoisotopic (exact) mass is 231 g/mol. The number of nitrogens with zero attached hydrogens (tertiary/aromatic N) is 3. The largest absolute Gasteiger partial charge is 0.488 e. The van der Waals surface area contributed by atoms with Gasteiger partial charge in [0.05, 0.1) is 19.0 Å². The first kappa shape index (κ1) is 11.5. The molecule has 0 saturated carbocycles. The molecule has 17 heavy (non-hydrogen) atoms. The molecule has 88 valence electrons. The third-order valence-corrected chi connectivity index (χ3v) is 2.08. The van der Waals surface area contributed by atoms with E-state index in [2.05, 4.69) is 15.0 Å². The lowest BCUT2D eigenvalue weighted by atomic mass is 10.3. The molecular formula is C12H13N3O2. The van der Waals surface area contributed by atoms with E-state index in [-0.39, 0.29) is 0 Å². The highest BCUT2D eigenvalue weighted by molar-refractivity contribution is 5.48. The van der Waals surface area contributed by atoms with Gasteiger partial charge in [0.25, 0.3) is 0 Å². The molecule has 2 heterocycles. The molecule has 0 bridgehead atoms. The van der Waals surface area contributed by atoms with E-state index in [1.165, 1.54) is 0 Å². The molecule has 0 amide bonds. The topological polar surface area (TPSA) is 57.1 Å². The summed E-state index contributed by atoms with van der Waals surface area (Å²) >= 11 is 0. The Hall–Kier alpha value is -2.01. The van der Waals surface area contributed by atoms with Gasteiger partial charge in [0.2, 0.25) is 0 Å². The van der Waals surface area contributed by atoms with Crippen molar-refractivity contribution in [2.75, 3.05) is 20.3 Å². The van der Waals surface area contributed by atoms with Gasteiger partial charge in [-0.15, -0.1) is 0 Å². The zero-order chi connectivity index (χ0) is 11.9. The predicted octanol–water partition coefficient (Wildman–Crippen LogP) is 1.56. The van der Waals surface area contributed by atoms with Gasteiger partial charge < -0.3 is 9.47 Å². The molecule has 0 unspecified atom stereocenters. The fraction of sp³-hybridized carbons (Fsp3) is 0.250. The molecule has 2 aromatic heterocycles. The Kier molecular flexibility index (Phi) is 3.99. The van der Waals surface area contributed by atoms with E-state index in [0.29, 0.717) is 24.8 Å². The first-order valence-corrected chi connectivity index (χ1v) is 5.25. The van der Waals surface area contributed by atoms with E-state index >= 15 is 0 Å². The zero-order valence-corrected chi connectivity index (χ0v) is 9.54. The van der Waals surface area contributed by atoms with Gasteiger partial charge in [-0.3, -0.25) is 4.98 Å². The number of pyridine rings is 1. The molecule has 0 fully saturated rings. The minimum atomic E-state index is 0.489. The Morgan fingerprint density at radius 1 is 1.06 bits per heavy atom. The van der Waals surface area contributed by atoms with Crippen LogP contribution in [0.3, 0.4) is 0 Å². The van der Waals surface area contributed by atoms with Crippen molar-refractivity contribution in [2.24, 2.45) is 0 Å². The molecule has 0 aliphatic heterocycles. The molecular weight excluding hydrogens is 218 g/mol. The van der Waals surface area contributed by atoms with Crippen molar-refractivity contribution in [1.29, 1.82) is 0 Å². The van der Waals surface area contributed by atoms with Gasteiger partial charge in [-0.1, -0.05) is 6.07 Å². The van der Waals surface area contributed by atoms with Gasteiger partial charge in [-0.25, -0.2) is 9.97 Å². The van der Waals surface area contributed by atoms with Gasteiger partial charge in [0.15, 0.2) is 11.6 Å². The number of rotatable bonds is 5. The van der Waals surface area contributed by atoms with Gasteiger partial charge in [-0.2, -0.15) is 0 Å². The smallest absolute Gasteiger partial charge is 0.178 e. The van der Waals surface area contributed by atoms with Crippen LogP contribution in [0.15, 0.2) is 36.8 Å². The molecule has 0 aliphatic carbocycles. The van der Waals surface area contributed by atoms with E-state index in [9.17, 15) is 0 Å². The summed E-state index contributed by atoms with van der Waals surface area (Å²) in [7, 11) is 1.63. The Balaban J connectivity index is 2.03. The average molecular weight is 231 g/mol. The molecule has 0 spiro atoms. The lowest BCUT2D eigenvalue weighted by Crippen LogP contribution is -2.05. The minimum Gasteiger partial charge on any atom is -0.488 e. The standard InChI is InChI=1S/C12H13N3O2/c1-16-6-7-17-10-8-14-12(15-9-10)11-4-2-3-5-13-11/h2-5,8-9H,6-7H2,1H3. The fourth-order valence-electron chi connectivity index (χ4n) is 1.26. The molecule has 0 atom stereocenters. The minimum absolute atomic E-state index is 0.489. The highest BCUT2D eigenvalue weighted by atomic mass is 16.5. The SMILES string of the molecule is COCCOc1cnc(-c2ccccn2)nc1. The molecule has 5 heteroatoms. The maximum Gasteiger partial charge on any atom is 0.178 e. The van der Waals surface area contributed by atoms with E-state index in [1.54, 1.807) is 25.7 Å². The molecule has 2 aromatic rings. The van der Waals surface area contributed by atoms with Crippen LogP contribution >= 0.6 is 0 Å². The van der Waals surface area contributed by atoms with Crippen molar-refractivity contribution in [3.05, 3.63) is 36.8 Å². The van der Waals surface area contributed by atoms with Crippen LogP contribution in [0, 0.1) is 0 Å². The van der Waals surface area contributed by atoms with E-state index < -0.39 is 0 Å². The van der Waals surface area contributed by atoms with Gasteiger partial charge >= 0.3 is 0 Å². The van der Waals surface area contributed by atoms with Crippen molar-refractivity contribution < 1.29 is 9.47 Å². The number of aromatic nitrogens is 3. The van der Waals surface area contributed by atoms with Crippen molar-refractivity contribution in [1.82, 2.24) is 15.0 Å². The van der Waals surface area contributed by atoms with Crippen LogP contribution in [0.2, 0.25) is 0 Å². The van der Waals surface area contributed by atoms with Crippen LogP contribution < -0.4 is 4.74 Å². The van der Waals surface area contributed by atoms with Crippen molar-refractivity contribution in [3.8, 4) is 17.3 Å². The summed E-state index contributed by atoms with van der Waals surface area (Å²) in [5, 5.41) is 0. The summed E-state index contributed by atoms with van der Waals surface area (Å²) in [6.07, 6.45) is 4.97. The van der Waals surface area contributed by atoms with E-state index in [4.69, 9.17) is 9.47 Å². The normalized spacial score (nSPS) is 10.2. The van der Waals surface area contributed by atoms with Crippen molar-refractivity contribution in [3.63, 3.8) is 0 Å². The summed E-state index contributed by atoms with van der Waals surface area (Å²) in [6.45, 7) is 1.03. The third kappa shape index (κ3) is 3.22. The molecule has 0 N–H and O–H groups in total. The summed E-state index contributed by atoms with van der Waals surface area (Å²) in [5.74, 6) is 1.21. The first-order chi connectivity index (χ1) is 8.40. The molecule has 0 aromatic carbocycles. The maximum absolute atomic E-state index is 5.37. The van der Waals surface area contributed by atoms with Crippen LogP contribution in [0.1, 0.15) is 0 Å². The average Bonchev–Trinajstić information content (AvgIpc) is 2.41. The van der Waals surface area contributed by atoms with Crippen molar-refractivity contribution in [2.45, 2.75) is 0 Å². The number of ether oxygens (including phenoxy) is 2.